The van der Waals surface area contributed by atoms with Gasteiger partial charge in [-0.05, 0) is 34.5 Å². The second-order valence-electron chi connectivity index (χ2n) is 4.07. The van der Waals surface area contributed by atoms with Crippen LogP contribution >= 0.6 is 15.9 Å². The van der Waals surface area contributed by atoms with Crippen LogP contribution in [0.4, 0.5) is 11.4 Å². The number of halogens is 1. The van der Waals surface area contributed by atoms with E-state index in [1.165, 1.54) is 7.11 Å². The number of carbonyl (C=O) groups is 1. The van der Waals surface area contributed by atoms with Crippen LogP contribution in [0.15, 0.2) is 16.6 Å². The molecular formula is C12H15BrN2O3. The summed E-state index contributed by atoms with van der Waals surface area (Å²) in [7, 11) is 1.35. The number of nitrogens with one attached hydrogen (secondary N) is 1. The molecule has 0 saturated carbocycles. The van der Waals surface area contributed by atoms with E-state index >= 15 is 0 Å². The summed E-state index contributed by atoms with van der Waals surface area (Å²) < 4.78 is 10.7. The summed E-state index contributed by atoms with van der Waals surface area (Å²) in [6.07, 6.45) is 1.27. The van der Waals surface area contributed by atoms with E-state index in [1.807, 2.05) is 0 Å². The summed E-state index contributed by atoms with van der Waals surface area (Å²) in [5, 5.41) is 3.19. The van der Waals surface area contributed by atoms with E-state index in [9.17, 15) is 4.79 Å². The zero-order valence-electron chi connectivity index (χ0n) is 10.0. The molecule has 0 radical (unpaired) electrons. The minimum Gasteiger partial charge on any atom is -0.465 e. The van der Waals surface area contributed by atoms with Gasteiger partial charge in [0.15, 0.2) is 0 Å². The first kappa shape index (κ1) is 13.2. The minimum absolute atomic E-state index is 0.227. The molecule has 1 aliphatic heterocycles. The molecule has 1 aromatic carbocycles. The number of anilines is 2. The van der Waals surface area contributed by atoms with Crippen molar-refractivity contribution in [3.63, 3.8) is 0 Å². The van der Waals surface area contributed by atoms with Gasteiger partial charge in [-0.1, -0.05) is 0 Å². The first-order valence-corrected chi connectivity index (χ1v) is 6.44. The third kappa shape index (κ3) is 2.76. The van der Waals surface area contributed by atoms with Gasteiger partial charge >= 0.3 is 5.97 Å². The Balaban J connectivity index is 2.15. The van der Waals surface area contributed by atoms with Crippen molar-refractivity contribution in [3.05, 3.63) is 22.2 Å². The Morgan fingerprint density at radius 2 is 2.39 bits per heavy atom. The number of hydrogen-bond acceptors (Lipinski definition) is 5. The zero-order valence-corrected chi connectivity index (χ0v) is 11.6. The zero-order chi connectivity index (χ0) is 13.1. The van der Waals surface area contributed by atoms with Crippen LogP contribution in [0.5, 0.6) is 0 Å². The van der Waals surface area contributed by atoms with Gasteiger partial charge in [0, 0.05) is 17.6 Å². The van der Waals surface area contributed by atoms with Gasteiger partial charge in [0.2, 0.25) is 0 Å². The fourth-order valence-corrected chi connectivity index (χ4v) is 2.13. The van der Waals surface area contributed by atoms with Crippen molar-refractivity contribution in [1.82, 2.24) is 0 Å². The Labute approximate surface area is 114 Å². The van der Waals surface area contributed by atoms with Gasteiger partial charge < -0.3 is 20.5 Å². The van der Waals surface area contributed by atoms with Crippen LogP contribution in [-0.4, -0.2) is 32.3 Å². The quantitative estimate of drug-likeness (QED) is 0.657. The van der Waals surface area contributed by atoms with Crippen LogP contribution in [0, 0.1) is 0 Å². The molecule has 1 saturated heterocycles. The number of ether oxygens (including phenoxy) is 2. The van der Waals surface area contributed by atoms with Gasteiger partial charge in [0.1, 0.15) is 0 Å². The van der Waals surface area contributed by atoms with Crippen LogP contribution in [0.3, 0.4) is 0 Å². The topological polar surface area (TPSA) is 73.6 Å². The van der Waals surface area contributed by atoms with E-state index in [4.69, 9.17) is 15.2 Å². The summed E-state index contributed by atoms with van der Waals surface area (Å²) in [6, 6.07) is 3.33. The molecule has 6 heteroatoms. The molecule has 0 aliphatic carbocycles. The molecule has 1 aliphatic rings. The van der Waals surface area contributed by atoms with Crippen molar-refractivity contribution in [2.24, 2.45) is 0 Å². The highest BCUT2D eigenvalue weighted by atomic mass is 79.9. The summed E-state index contributed by atoms with van der Waals surface area (Å²) in [5.74, 6) is -0.390. The highest BCUT2D eigenvalue weighted by molar-refractivity contribution is 9.10. The number of benzene rings is 1. The number of hydrogen-bond donors (Lipinski definition) is 2. The van der Waals surface area contributed by atoms with Gasteiger partial charge in [0.25, 0.3) is 0 Å². The van der Waals surface area contributed by atoms with E-state index in [1.54, 1.807) is 12.1 Å². The molecule has 0 unspecified atom stereocenters. The molecule has 1 fully saturated rings. The fraction of sp³-hybridized carbons (Fsp3) is 0.417. The average molecular weight is 315 g/mol. The second-order valence-corrected chi connectivity index (χ2v) is 4.93. The summed E-state index contributed by atoms with van der Waals surface area (Å²) in [5.41, 5.74) is 7.67. The number of nitrogen functional groups attached to an aromatic ring is 1. The van der Waals surface area contributed by atoms with Crippen molar-refractivity contribution >= 4 is 33.3 Å². The Kier molecular flexibility index (Phi) is 4.08. The van der Waals surface area contributed by atoms with E-state index in [0.29, 0.717) is 28.0 Å². The van der Waals surface area contributed by atoms with Crippen molar-refractivity contribution in [3.8, 4) is 0 Å². The molecule has 98 valence electrons. The maximum Gasteiger partial charge on any atom is 0.337 e. The van der Waals surface area contributed by atoms with Gasteiger partial charge in [-0.15, -0.1) is 0 Å². The Morgan fingerprint density at radius 1 is 1.67 bits per heavy atom. The molecule has 18 heavy (non-hydrogen) atoms. The number of nitrogens with two attached hydrogens (primary N) is 1. The largest absolute Gasteiger partial charge is 0.465 e. The van der Waals surface area contributed by atoms with Crippen LogP contribution in [-0.2, 0) is 9.47 Å². The molecule has 0 aromatic heterocycles. The van der Waals surface area contributed by atoms with Crippen LogP contribution in [0.2, 0.25) is 0 Å². The maximum absolute atomic E-state index is 11.5. The lowest BCUT2D eigenvalue weighted by atomic mass is 10.1. The monoisotopic (exact) mass is 314 g/mol. The SMILES string of the molecule is COC(=O)c1cc(Br)c(N)c(NC[C@@H]2CCO2)c1. The van der Waals surface area contributed by atoms with Crippen LogP contribution in [0.25, 0.3) is 0 Å². The minimum atomic E-state index is -0.390. The number of rotatable bonds is 4. The van der Waals surface area contributed by atoms with E-state index in [2.05, 4.69) is 21.2 Å². The lowest BCUT2D eigenvalue weighted by Gasteiger charge is -2.27. The molecular weight excluding hydrogens is 300 g/mol. The Morgan fingerprint density at radius 3 is 2.94 bits per heavy atom. The van der Waals surface area contributed by atoms with Gasteiger partial charge in [-0.25, -0.2) is 4.79 Å². The average Bonchev–Trinajstić information content (AvgIpc) is 2.31. The van der Waals surface area contributed by atoms with Gasteiger partial charge in [-0.2, -0.15) is 0 Å². The summed E-state index contributed by atoms with van der Waals surface area (Å²) >= 11 is 3.33. The number of methoxy groups -OCH3 is 1. The molecule has 0 spiro atoms. The predicted octanol–water partition coefficient (Wildman–Crippen LogP) is 2.02. The van der Waals surface area contributed by atoms with E-state index < -0.39 is 5.97 Å². The lowest BCUT2D eigenvalue weighted by molar-refractivity contribution is -0.0410. The smallest absolute Gasteiger partial charge is 0.337 e. The molecule has 3 N–H and O–H groups in total. The fourth-order valence-electron chi connectivity index (χ4n) is 1.67. The van der Waals surface area contributed by atoms with Crippen LogP contribution in [0.1, 0.15) is 16.8 Å². The van der Waals surface area contributed by atoms with Gasteiger partial charge in [-0.3, -0.25) is 0 Å². The highest BCUT2D eigenvalue weighted by Crippen LogP contribution is 2.30. The summed E-state index contributed by atoms with van der Waals surface area (Å²) in [6.45, 7) is 1.50. The molecule has 2 rings (SSSR count). The van der Waals surface area contributed by atoms with E-state index in [-0.39, 0.29) is 6.10 Å². The molecule has 1 heterocycles. The first-order chi connectivity index (χ1) is 8.61. The predicted molar refractivity (Wildman–Crippen MR) is 72.7 cm³/mol. The number of carbonyl (C=O) groups excluding carboxylic acids is 1. The molecule has 1 aromatic rings. The molecule has 0 bridgehead atoms. The first-order valence-electron chi connectivity index (χ1n) is 5.64. The second kappa shape index (κ2) is 5.58. The summed E-state index contributed by atoms with van der Waals surface area (Å²) in [4.78, 5) is 11.5. The Bertz CT molecular complexity index is 461. The van der Waals surface area contributed by atoms with Crippen LogP contribution < -0.4 is 11.1 Å². The molecule has 1 atom stereocenters. The maximum atomic E-state index is 11.5. The van der Waals surface area contributed by atoms with Crippen molar-refractivity contribution in [1.29, 1.82) is 0 Å². The molecule has 5 nitrogen and oxygen atoms in total. The highest BCUT2D eigenvalue weighted by Gasteiger charge is 2.19. The van der Waals surface area contributed by atoms with Gasteiger partial charge in [0.05, 0.1) is 30.2 Å². The van der Waals surface area contributed by atoms with E-state index in [0.717, 1.165) is 13.0 Å². The Hall–Kier alpha value is -1.27. The standard InChI is InChI=1S/C12H15BrN2O3/c1-17-12(16)7-4-9(13)11(14)10(5-7)15-6-8-2-3-18-8/h4-5,8,15H,2-3,6,14H2,1H3/t8-/m0/s1. The molecule has 0 amide bonds. The lowest BCUT2D eigenvalue weighted by Crippen LogP contribution is -2.33. The van der Waals surface area contributed by atoms with Crippen molar-refractivity contribution < 1.29 is 14.3 Å². The van der Waals surface area contributed by atoms with Crippen molar-refractivity contribution in [2.45, 2.75) is 12.5 Å². The third-order valence-corrected chi connectivity index (χ3v) is 3.52. The normalized spacial score (nSPS) is 18.0. The third-order valence-electron chi connectivity index (χ3n) is 2.86. The number of esters is 1. The van der Waals surface area contributed by atoms with Crippen molar-refractivity contribution in [2.75, 3.05) is 31.3 Å².